The molecule has 0 spiro atoms. The average Bonchev–Trinajstić information content (AvgIpc) is 2.39. The fourth-order valence-electron chi connectivity index (χ4n) is 2.05. The molecule has 0 aliphatic heterocycles. The molecule has 88 valence electrons. The lowest BCUT2D eigenvalue weighted by molar-refractivity contribution is 0.625. The zero-order valence-corrected chi connectivity index (χ0v) is 10.3. The maximum absolute atomic E-state index is 13.4. The first-order valence-electron chi connectivity index (χ1n) is 6.07. The summed E-state index contributed by atoms with van der Waals surface area (Å²) in [5.41, 5.74) is 3.32. The van der Waals surface area contributed by atoms with Gasteiger partial charge in [-0.3, -0.25) is 0 Å². The van der Waals surface area contributed by atoms with Crippen molar-refractivity contribution in [2.75, 3.05) is 0 Å². The van der Waals surface area contributed by atoms with Crippen LogP contribution in [0.2, 0.25) is 0 Å². The van der Waals surface area contributed by atoms with E-state index < -0.39 is 0 Å². The second-order valence-corrected chi connectivity index (χ2v) is 4.41. The van der Waals surface area contributed by atoms with Gasteiger partial charge in [0.25, 0.3) is 0 Å². The van der Waals surface area contributed by atoms with Crippen LogP contribution >= 0.6 is 0 Å². The Bertz CT molecular complexity index is 488. The molecule has 0 nitrogen and oxygen atoms in total. The largest absolute Gasteiger partial charge is 0.207 e. The Kier molecular flexibility index (Phi) is 3.58. The minimum Gasteiger partial charge on any atom is -0.207 e. The van der Waals surface area contributed by atoms with Gasteiger partial charge in [0.2, 0.25) is 0 Å². The van der Waals surface area contributed by atoms with Crippen LogP contribution in [-0.2, 0) is 0 Å². The summed E-state index contributed by atoms with van der Waals surface area (Å²) in [7, 11) is 0. The van der Waals surface area contributed by atoms with E-state index in [9.17, 15) is 4.39 Å². The molecule has 1 atom stereocenters. The molecule has 0 saturated heterocycles. The van der Waals surface area contributed by atoms with Crippen LogP contribution in [0.4, 0.5) is 4.39 Å². The van der Waals surface area contributed by atoms with Gasteiger partial charge < -0.3 is 0 Å². The van der Waals surface area contributed by atoms with Gasteiger partial charge in [-0.25, -0.2) is 4.39 Å². The molecule has 0 fully saturated rings. The third-order valence-corrected chi connectivity index (χ3v) is 3.24. The van der Waals surface area contributed by atoms with Crippen LogP contribution in [0.3, 0.4) is 0 Å². The number of rotatable bonds is 3. The van der Waals surface area contributed by atoms with Crippen LogP contribution < -0.4 is 0 Å². The topological polar surface area (TPSA) is 0 Å². The maximum Gasteiger partial charge on any atom is 0.123 e. The van der Waals surface area contributed by atoms with Crippen LogP contribution in [0.25, 0.3) is 11.1 Å². The Morgan fingerprint density at radius 2 is 1.76 bits per heavy atom. The lowest BCUT2D eigenvalue weighted by Gasteiger charge is -2.15. The summed E-state index contributed by atoms with van der Waals surface area (Å²) in [5, 5.41) is 0. The lowest BCUT2D eigenvalue weighted by atomic mass is 9.90. The van der Waals surface area contributed by atoms with Gasteiger partial charge in [0.1, 0.15) is 5.82 Å². The van der Waals surface area contributed by atoms with E-state index in [1.54, 1.807) is 12.1 Å². The number of hydrogen-bond acceptors (Lipinski definition) is 0. The average molecular weight is 228 g/mol. The molecule has 1 unspecified atom stereocenters. The van der Waals surface area contributed by atoms with Gasteiger partial charge >= 0.3 is 0 Å². The highest BCUT2D eigenvalue weighted by atomic mass is 19.1. The van der Waals surface area contributed by atoms with Gasteiger partial charge in [-0.15, -0.1) is 0 Å². The van der Waals surface area contributed by atoms with Gasteiger partial charge in [-0.2, -0.15) is 0 Å². The van der Waals surface area contributed by atoms with Crippen LogP contribution in [0.15, 0.2) is 48.5 Å². The Balaban J connectivity index is 2.55. The molecule has 0 aliphatic carbocycles. The summed E-state index contributed by atoms with van der Waals surface area (Å²) in [5.74, 6) is 0.279. The number of benzene rings is 2. The predicted octanol–water partition coefficient (Wildman–Crippen LogP) is 5.01. The molecule has 0 amide bonds. The molecule has 2 aromatic rings. The second-order valence-electron chi connectivity index (χ2n) is 4.41. The Labute approximate surface area is 102 Å². The molecule has 0 N–H and O–H groups in total. The molecule has 0 aliphatic rings. The van der Waals surface area contributed by atoms with Crippen molar-refractivity contribution in [2.24, 2.45) is 0 Å². The molecule has 0 aromatic heterocycles. The van der Waals surface area contributed by atoms with Crippen LogP contribution in [0, 0.1) is 5.82 Å². The van der Waals surface area contributed by atoms with Crippen molar-refractivity contribution in [1.29, 1.82) is 0 Å². The SMILES string of the molecule is CCC(C)c1ccc(F)cc1-c1ccccc1. The van der Waals surface area contributed by atoms with Gasteiger partial charge in [0.15, 0.2) is 0 Å². The van der Waals surface area contributed by atoms with Gasteiger partial charge in [0, 0.05) is 0 Å². The highest BCUT2D eigenvalue weighted by molar-refractivity contribution is 5.68. The molecular formula is C16H17F. The molecule has 2 rings (SSSR count). The monoisotopic (exact) mass is 228 g/mol. The van der Waals surface area contributed by atoms with E-state index in [1.165, 1.54) is 5.56 Å². The first-order valence-corrected chi connectivity index (χ1v) is 6.07. The van der Waals surface area contributed by atoms with E-state index in [0.717, 1.165) is 17.5 Å². The van der Waals surface area contributed by atoms with Crippen LogP contribution in [0.5, 0.6) is 0 Å². The fraction of sp³-hybridized carbons (Fsp3) is 0.250. The molecule has 0 saturated carbocycles. The van der Waals surface area contributed by atoms with Crippen molar-refractivity contribution in [3.63, 3.8) is 0 Å². The quantitative estimate of drug-likeness (QED) is 0.693. The fourth-order valence-corrected chi connectivity index (χ4v) is 2.05. The molecule has 2 aromatic carbocycles. The van der Waals surface area contributed by atoms with E-state index in [-0.39, 0.29) is 5.82 Å². The lowest BCUT2D eigenvalue weighted by Crippen LogP contribution is -1.96. The second kappa shape index (κ2) is 5.13. The maximum atomic E-state index is 13.4. The van der Waals surface area contributed by atoms with Gasteiger partial charge in [0.05, 0.1) is 0 Å². The minimum atomic E-state index is -0.170. The molecule has 0 bridgehead atoms. The normalized spacial score (nSPS) is 12.4. The smallest absolute Gasteiger partial charge is 0.123 e. The van der Waals surface area contributed by atoms with Crippen LogP contribution in [0.1, 0.15) is 31.7 Å². The zero-order valence-electron chi connectivity index (χ0n) is 10.3. The summed E-state index contributed by atoms with van der Waals surface area (Å²) < 4.78 is 13.4. The molecular weight excluding hydrogens is 211 g/mol. The van der Waals surface area contributed by atoms with Crippen molar-refractivity contribution in [3.8, 4) is 11.1 Å². The first kappa shape index (κ1) is 11.8. The summed E-state index contributed by atoms with van der Waals surface area (Å²) in [6.07, 6.45) is 1.06. The summed E-state index contributed by atoms with van der Waals surface area (Å²) in [6, 6.07) is 15.1. The third kappa shape index (κ3) is 2.55. The van der Waals surface area contributed by atoms with Crippen molar-refractivity contribution in [1.82, 2.24) is 0 Å². The van der Waals surface area contributed by atoms with E-state index in [2.05, 4.69) is 13.8 Å². The van der Waals surface area contributed by atoms with E-state index in [1.807, 2.05) is 36.4 Å². The van der Waals surface area contributed by atoms with Gasteiger partial charge in [-0.1, -0.05) is 50.2 Å². The van der Waals surface area contributed by atoms with Crippen molar-refractivity contribution in [3.05, 3.63) is 59.9 Å². The third-order valence-electron chi connectivity index (χ3n) is 3.24. The van der Waals surface area contributed by atoms with Crippen molar-refractivity contribution < 1.29 is 4.39 Å². The first-order chi connectivity index (χ1) is 8.22. The molecule has 0 radical (unpaired) electrons. The Morgan fingerprint density at radius 1 is 1.06 bits per heavy atom. The Morgan fingerprint density at radius 3 is 2.41 bits per heavy atom. The van der Waals surface area contributed by atoms with Gasteiger partial charge in [-0.05, 0) is 41.2 Å². The zero-order chi connectivity index (χ0) is 12.3. The highest BCUT2D eigenvalue weighted by Crippen LogP contribution is 2.31. The summed E-state index contributed by atoms with van der Waals surface area (Å²) >= 11 is 0. The standard InChI is InChI=1S/C16H17F/c1-3-12(2)15-10-9-14(17)11-16(15)13-7-5-4-6-8-13/h4-12H,3H2,1-2H3. The summed E-state index contributed by atoms with van der Waals surface area (Å²) in [4.78, 5) is 0. The van der Waals surface area contributed by atoms with Crippen molar-refractivity contribution in [2.45, 2.75) is 26.2 Å². The molecule has 0 heterocycles. The molecule has 17 heavy (non-hydrogen) atoms. The van der Waals surface area contributed by atoms with Crippen LogP contribution in [-0.4, -0.2) is 0 Å². The van der Waals surface area contributed by atoms with Crippen molar-refractivity contribution >= 4 is 0 Å². The van der Waals surface area contributed by atoms with E-state index in [0.29, 0.717) is 5.92 Å². The van der Waals surface area contributed by atoms with E-state index in [4.69, 9.17) is 0 Å². The minimum absolute atomic E-state index is 0.170. The number of hydrogen-bond donors (Lipinski definition) is 0. The van der Waals surface area contributed by atoms with E-state index >= 15 is 0 Å². The summed E-state index contributed by atoms with van der Waals surface area (Å²) in [6.45, 7) is 4.34. The Hall–Kier alpha value is -1.63. The molecule has 1 heteroatoms. The number of halogens is 1. The highest BCUT2D eigenvalue weighted by Gasteiger charge is 2.11. The predicted molar refractivity (Wildman–Crippen MR) is 70.5 cm³/mol.